The van der Waals surface area contributed by atoms with E-state index in [0.717, 1.165) is 27.6 Å². The summed E-state index contributed by atoms with van der Waals surface area (Å²) in [6.07, 6.45) is 0. The number of fused-ring (bicyclic) bond motifs is 1. The topological polar surface area (TPSA) is 77.8 Å². The van der Waals surface area contributed by atoms with Crippen molar-refractivity contribution in [1.29, 1.82) is 0 Å². The van der Waals surface area contributed by atoms with Gasteiger partial charge in [0.2, 0.25) is 0 Å². The van der Waals surface area contributed by atoms with Crippen molar-refractivity contribution < 1.29 is 18.7 Å². The van der Waals surface area contributed by atoms with Crippen LogP contribution in [0.5, 0.6) is 11.5 Å². The third kappa shape index (κ3) is 3.95. The number of anilines is 1. The van der Waals surface area contributed by atoms with E-state index in [1.807, 2.05) is 50.2 Å². The molecule has 6 heteroatoms. The van der Waals surface area contributed by atoms with Crippen molar-refractivity contribution in [3.8, 4) is 22.6 Å². The van der Waals surface area contributed by atoms with Crippen molar-refractivity contribution in [2.45, 2.75) is 13.8 Å². The summed E-state index contributed by atoms with van der Waals surface area (Å²) < 4.78 is 16.3. The predicted octanol–water partition coefficient (Wildman–Crippen LogP) is 5.35. The smallest absolute Gasteiger partial charge is 0.360 e. The van der Waals surface area contributed by atoms with Crippen LogP contribution in [-0.2, 0) is 0 Å². The van der Waals surface area contributed by atoms with E-state index < -0.39 is 11.5 Å². The zero-order valence-electron chi connectivity index (χ0n) is 18.3. The van der Waals surface area contributed by atoms with Crippen LogP contribution in [0.3, 0.4) is 0 Å². The number of methoxy groups -OCH3 is 2. The van der Waals surface area contributed by atoms with Crippen LogP contribution in [0.25, 0.3) is 22.1 Å². The third-order valence-electron chi connectivity index (χ3n) is 5.51. The number of aryl methyl sites for hydroxylation is 2. The highest BCUT2D eigenvalue weighted by molar-refractivity contribution is 6.05. The van der Waals surface area contributed by atoms with Gasteiger partial charge in [0, 0.05) is 16.5 Å². The van der Waals surface area contributed by atoms with E-state index in [-0.39, 0.29) is 5.69 Å². The maximum atomic E-state index is 13.0. The molecule has 4 rings (SSSR count). The molecular weight excluding hydrogens is 406 g/mol. The Hall–Kier alpha value is -4.06. The fourth-order valence-corrected chi connectivity index (χ4v) is 3.57. The molecular formula is C26H23NO5. The largest absolute Gasteiger partial charge is 0.497 e. The fourth-order valence-electron chi connectivity index (χ4n) is 3.57. The fraction of sp³-hybridized carbons (Fsp3) is 0.154. The molecule has 0 radical (unpaired) electrons. The van der Waals surface area contributed by atoms with Crippen LogP contribution in [0.2, 0.25) is 0 Å². The molecule has 32 heavy (non-hydrogen) atoms. The number of carbonyl (C=O) groups is 1. The summed E-state index contributed by atoms with van der Waals surface area (Å²) in [5.41, 5.74) is 3.89. The zero-order valence-corrected chi connectivity index (χ0v) is 18.3. The van der Waals surface area contributed by atoms with Gasteiger partial charge in [-0.2, -0.15) is 0 Å². The van der Waals surface area contributed by atoms with Gasteiger partial charge in [0.1, 0.15) is 22.8 Å². The van der Waals surface area contributed by atoms with E-state index in [9.17, 15) is 9.59 Å². The molecule has 1 N–H and O–H groups in total. The van der Waals surface area contributed by atoms with Crippen LogP contribution in [0, 0.1) is 13.8 Å². The summed E-state index contributed by atoms with van der Waals surface area (Å²) in [6.45, 7) is 3.85. The van der Waals surface area contributed by atoms with Gasteiger partial charge in [-0.25, -0.2) is 4.79 Å². The second-order valence-electron chi connectivity index (χ2n) is 7.47. The molecule has 6 nitrogen and oxygen atoms in total. The molecule has 162 valence electrons. The molecule has 1 amide bonds. The van der Waals surface area contributed by atoms with Crippen molar-refractivity contribution in [3.05, 3.63) is 87.8 Å². The molecule has 0 aliphatic heterocycles. The SMILES string of the molecule is COc1cccc(-c2cc(C(=O)Nc3cc4ccc(C)c(C)c4oc3=O)ccc2OC)c1. The lowest BCUT2D eigenvalue weighted by Gasteiger charge is -2.12. The molecule has 0 aliphatic rings. The Morgan fingerprint density at radius 2 is 1.75 bits per heavy atom. The molecule has 0 spiro atoms. The van der Waals surface area contributed by atoms with Crippen molar-refractivity contribution >= 4 is 22.6 Å². The number of hydrogen-bond acceptors (Lipinski definition) is 5. The minimum absolute atomic E-state index is 0.0875. The van der Waals surface area contributed by atoms with Gasteiger partial charge < -0.3 is 19.2 Å². The molecule has 1 aromatic heterocycles. The first-order valence-electron chi connectivity index (χ1n) is 10.1. The van der Waals surface area contributed by atoms with Crippen LogP contribution < -0.4 is 20.4 Å². The van der Waals surface area contributed by atoms with Gasteiger partial charge in [-0.3, -0.25) is 4.79 Å². The summed E-state index contributed by atoms with van der Waals surface area (Å²) in [5.74, 6) is 0.886. The summed E-state index contributed by atoms with van der Waals surface area (Å²) in [5, 5.41) is 3.43. The van der Waals surface area contributed by atoms with Gasteiger partial charge in [0.05, 0.1) is 14.2 Å². The van der Waals surface area contributed by atoms with Gasteiger partial charge >= 0.3 is 5.63 Å². The molecule has 3 aromatic carbocycles. The number of hydrogen-bond donors (Lipinski definition) is 1. The average molecular weight is 429 g/mol. The Balaban J connectivity index is 1.70. The molecule has 0 aliphatic carbocycles. The molecule has 4 aromatic rings. The number of benzene rings is 3. The Labute approximate surface area is 185 Å². The van der Waals surface area contributed by atoms with E-state index in [1.54, 1.807) is 38.5 Å². The minimum Gasteiger partial charge on any atom is -0.497 e. The predicted molar refractivity (Wildman–Crippen MR) is 125 cm³/mol. The lowest BCUT2D eigenvalue weighted by Crippen LogP contribution is -2.18. The molecule has 0 saturated carbocycles. The third-order valence-corrected chi connectivity index (χ3v) is 5.51. The van der Waals surface area contributed by atoms with E-state index in [4.69, 9.17) is 13.9 Å². The number of carbonyl (C=O) groups excluding carboxylic acids is 1. The maximum absolute atomic E-state index is 13.0. The molecule has 0 bridgehead atoms. The number of rotatable bonds is 5. The summed E-state index contributed by atoms with van der Waals surface area (Å²) in [4.78, 5) is 25.5. The average Bonchev–Trinajstić information content (AvgIpc) is 2.82. The van der Waals surface area contributed by atoms with Crippen LogP contribution in [0.1, 0.15) is 21.5 Å². The first-order valence-corrected chi connectivity index (χ1v) is 10.1. The molecule has 0 fully saturated rings. The molecule has 0 saturated heterocycles. The van der Waals surface area contributed by atoms with E-state index in [1.165, 1.54) is 0 Å². The lowest BCUT2D eigenvalue weighted by molar-refractivity contribution is 0.102. The van der Waals surface area contributed by atoms with E-state index in [2.05, 4.69) is 5.32 Å². The summed E-state index contributed by atoms with van der Waals surface area (Å²) in [6, 6.07) is 18.0. The quantitative estimate of drug-likeness (QED) is 0.433. The monoisotopic (exact) mass is 429 g/mol. The van der Waals surface area contributed by atoms with Crippen molar-refractivity contribution in [2.24, 2.45) is 0 Å². The maximum Gasteiger partial charge on any atom is 0.360 e. The highest BCUT2D eigenvalue weighted by Gasteiger charge is 2.15. The van der Waals surface area contributed by atoms with Gasteiger partial charge in [-0.1, -0.05) is 24.3 Å². The number of nitrogens with one attached hydrogen (secondary N) is 1. The Bertz CT molecular complexity index is 1390. The minimum atomic E-state index is -0.596. The van der Waals surface area contributed by atoms with Gasteiger partial charge in [-0.05, 0) is 66.9 Å². The van der Waals surface area contributed by atoms with E-state index in [0.29, 0.717) is 22.6 Å². The molecule has 0 unspecified atom stereocenters. The standard InChI is InChI=1S/C26H23NO5/c1-15-8-9-18-14-22(26(29)32-24(18)16(15)2)27-25(28)19-10-11-23(31-4)21(13-19)17-6-5-7-20(12-17)30-3/h5-14H,1-4H3,(H,27,28). The molecule has 1 heterocycles. The van der Waals surface area contributed by atoms with E-state index >= 15 is 0 Å². The summed E-state index contributed by atoms with van der Waals surface area (Å²) >= 11 is 0. The van der Waals surface area contributed by atoms with Gasteiger partial charge in [-0.15, -0.1) is 0 Å². The van der Waals surface area contributed by atoms with Crippen LogP contribution >= 0.6 is 0 Å². The highest BCUT2D eigenvalue weighted by atomic mass is 16.5. The molecule has 0 atom stereocenters. The first kappa shape index (κ1) is 21.2. The lowest BCUT2D eigenvalue weighted by atomic mass is 10.0. The van der Waals surface area contributed by atoms with Crippen molar-refractivity contribution in [3.63, 3.8) is 0 Å². The highest BCUT2D eigenvalue weighted by Crippen LogP contribution is 2.33. The number of amides is 1. The number of ether oxygens (including phenoxy) is 2. The van der Waals surface area contributed by atoms with Crippen LogP contribution in [-0.4, -0.2) is 20.1 Å². The van der Waals surface area contributed by atoms with Crippen LogP contribution in [0.4, 0.5) is 5.69 Å². The normalized spacial score (nSPS) is 10.8. The Morgan fingerprint density at radius 1 is 0.938 bits per heavy atom. The summed E-state index contributed by atoms with van der Waals surface area (Å²) in [7, 11) is 3.17. The van der Waals surface area contributed by atoms with Crippen molar-refractivity contribution in [2.75, 3.05) is 19.5 Å². The van der Waals surface area contributed by atoms with Crippen molar-refractivity contribution in [1.82, 2.24) is 0 Å². The Morgan fingerprint density at radius 3 is 2.50 bits per heavy atom. The van der Waals surface area contributed by atoms with Gasteiger partial charge in [0.15, 0.2) is 0 Å². The zero-order chi connectivity index (χ0) is 22.8. The van der Waals surface area contributed by atoms with Crippen LogP contribution in [0.15, 0.2) is 69.9 Å². The first-order chi connectivity index (χ1) is 15.4. The second-order valence-corrected chi connectivity index (χ2v) is 7.47. The Kier molecular flexibility index (Phi) is 5.69. The van der Waals surface area contributed by atoms with Gasteiger partial charge in [0.25, 0.3) is 5.91 Å². The second kappa shape index (κ2) is 8.59.